The van der Waals surface area contributed by atoms with Crippen molar-refractivity contribution in [1.82, 2.24) is 10.3 Å². The second-order valence-corrected chi connectivity index (χ2v) is 5.94. The number of nitrogens with one attached hydrogen (secondary N) is 2. The van der Waals surface area contributed by atoms with Crippen LogP contribution in [-0.4, -0.2) is 43.0 Å². The molecule has 0 unspecified atom stereocenters. The van der Waals surface area contributed by atoms with Gasteiger partial charge in [0.25, 0.3) is 0 Å². The summed E-state index contributed by atoms with van der Waals surface area (Å²) in [6, 6.07) is 9.14. The van der Waals surface area contributed by atoms with Gasteiger partial charge < -0.3 is 15.2 Å². The maximum atomic E-state index is 11.3. The summed E-state index contributed by atoms with van der Waals surface area (Å²) in [6.45, 7) is 5.10. The number of carbonyl (C=O) groups excluding carboxylic acids is 1. The van der Waals surface area contributed by atoms with Crippen LogP contribution < -0.4 is 15.8 Å². The van der Waals surface area contributed by atoms with Gasteiger partial charge in [-0.05, 0) is 37.1 Å². The minimum atomic E-state index is 0.177. The third kappa shape index (κ3) is 3.47. The van der Waals surface area contributed by atoms with Crippen molar-refractivity contribution in [1.29, 1.82) is 0 Å². The van der Waals surface area contributed by atoms with E-state index in [1.54, 1.807) is 6.92 Å². The molecule has 1 aliphatic carbocycles. The Morgan fingerprint density at radius 1 is 1.10 bits per heavy atom. The number of anilines is 2. The summed E-state index contributed by atoms with van der Waals surface area (Å²) in [5.41, 5.74) is 8.96. The molecule has 0 radical (unpaired) electrons. The zero-order valence-electron chi connectivity index (χ0n) is 12.6. The Balaban J connectivity index is 1.51. The molecule has 5 nitrogen and oxygen atoms in total. The fourth-order valence-corrected chi connectivity index (χ4v) is 2.77. The van der Waals surface area contributed by atoms with Gasteiger partial charge in [-0.1, -0.05) is 6.42 Å². The lowest BCUT2D eigenvalue weighted by atomic mass is 9.94. The van der Waals surface area contributed by atoms with Crippen molar-refractivity contribution < 1.29 is 4.79 Å². The van der Waals surface area contributed by atoms with Crippen molar-refractivity contribution >= 4 is 17.3 Å². The molecule has 21 heavy (non-hydrogen) atoms. The van der Waals surface area contributed by atoms with Crippen LogP contribution in [-0.2, 0) is 4.79 Å². The zero-order valence-corrected chi connectivity index (χ0v) is 12.6. The molecule has 1 aliphatic heterocycles. The van der Waals surface area contributed by atoms with Crippen molar-refractivity contribution in [2.24, 2.45) is 0 Å². The Labute approximate surface area is 126 Å². The first-order valence-corrected chi connectivity index (χ1v) is 7.84. The maximum absolute atomic E-state index is 11.3. The Morgan fingerprint density at radius 3 is 2.29 bits per heavy atom. The molecule has 0 spiro atoms. The molecule has 1 aromatic carbocycles. The van der Waals surface area contributed by atoms with Crippen LogP contribution in [0.2, 0.25) is 0 Å². The lowest BCUT2D eigenvalue weighted by molar-refractivity contribution is -0.129. The summed E-state index contributed by atoms with van der Waals surface area (Å²) in [7, 11) is 0. The van der Waals surface area contributed by atoms with E-state index in [0.29, 0.717) is 6.04 Å². The topological polar surface area (TPSA) is 47.6 Å². The van der Waals surface area contributed by atoms with Crippen LogP contribution in [0.15, 0.2) is 24.3 Å². The number of hydrogen-bond acceptors (Lipinski definition) is 4. The first-order valence-electron chi connectivity index (χ1n) is 7.84. The normalized spacial score (nSPS) is 19.3. The third-order valence-electron chi connectivity index (χ3n) is 4.48. The highest BCUT2D eigenvalue weighted by Gasteiger charge is 2.19. The van der Waals surface area contributed by atoms with Crippen molar-refractivity contribution in [3.8, 4) is 0 Å². The Bertz CT molecular complexity index is 476. The predicted octanol–water partition coefficient (Wildman–Crippen LogP) is 1.82. The molecule has 3 rings (SSSR count). The van der Waals surface area contributed by atoms with Gasteiger partial charge in [-0.25, -0.2) is 5.43 Å². The first kappa shape index (κ1) is 14.2. The molecular weight excluding hydrogens is 264 g/mol. The molecule has 1 aromatic rings. The minimum absolute atomic E-state index is 0.177. The summed E-state index contributed by atoms with van der Waals surface area (Å²) in [5.74, 6) is 0.177. The fraction of sp³-hybridized carbons (Fsp3) is 0.562. The number of rotatable bonds is 4. The van der Waals surface area contributed by atoms with Crippen molar-refractivity contribution in [3.05, 3.63) is 24.3 Å². The van der Waals surface area contributed by atoms with Gasteiger partial charge in [0, 0.05) is 50.5 Å². The number of amides is 1. The maximum Gasteiger partial charge on any atom is 0.219 e. The highest BCUT2D eigenvalue weighted by Crippen LogP contribution is 2.21. The van der Waals surface area contributed by atoms with E-state index in [1.807, 2.05) is 4.90 Å². The Hall–Kier alpha value is -1.75. The fourth-order valence-electron chi connectivity index (χ4n) is 2.77. The lowest BCUT2D eigenvalue weighted by Crippen LogP contribution is -2.48. The van der Waals surface area contributed by atoms with Crippen LogP contribution in [0.4, 0.5) is 11.4 Å². The summed E-state index contributed by atoms with van der Waals surface area (Å²) in [5, 5.41) is 0. The van der Waals surface area contributed by atoms with E-state index in [2.05, 4.69) is 40.0 Å². The molecule has 5 heteroatoms. The van der Waals surface area contributed by atoms with E-state index in [9.17, 15) is 4.79 Å². The SMILES string of the molecule is CC(=O)N1CCN(c2ccc(NNC3CCC3)cc2)CC1. The summed E-state index contributed by atoms with van der Waals surface area (Å²) in [6.07, 6.45) is 3.88. The van der Waals surface area contributed by atoms with Crippen LogP contribution in [0.1, 0.15) is 26.2 Å². The van der Waals surface area contributed by atoms with Gasteiger partial charge in [-0.3, -0.25) is 4.79 Å². The molecule has 0 aromatic heterocycles. The Kier molecular flexibility index (Phi) is 4.29. The highest BCUT2D eigenvalue weighted by molar-refractivity contribution is 5.73. The first-order chi connectivity index (χ1) is 10.2. The molecule has 1 amide bonds. The largest absolute Gasteiger partial charge is 0.368 e. The minimum Gasteiger partial charge on any atom is -0.368 e. The van der Waals surface area contributed by atoms with E-state index < -0.39 is 0 Å². The van der Waals surface area contributed by atoms with Crippen LogP contribution in [0.25, 0.3) is 0 Å². The molecule has 1 saturated heterocycles. The van der Waals surface area contributed by atoms with E-state index in [-0.39, 0.29) is 5.91 Å². The quantitative estimate of drug-likeness (QED) is 0.830. The molecule has 114 valence electrons. The number of carbonyl (C=O) groups is 1. The van der Waals surface area contributed by atoms with E-state index in [4.69, 9.17) is 0 Å². The van der Waals surface area contributed by atoms with E-state index in [1.165, 1.54) is 24.9 Å². The lowest BCUT2D eigenvalue weighted by Gasteiger charge is -2.35. The molecule has 1 saturated carbocycles. The summed E-state index contributed by atoms with van der Waals surface area (Å²) >= 11 is 0. The van der Waals surface area contributed by atoms with Crippen LogP contribution in [0.5, 0.6) is 0 Å². The average Bonchev–Trinajstić information content (AvgIpc) is 2.46. The number of piperazine rings is 1. The van der Waals surface area contributed by atoms with Gasteiger partial charge in [-0.2, -0.15) is 0 Å². The zero-order chi connectivity index (χ0) is 14.7. The van der Waals surface area contributed by atoms with E-state index in [0.717, 1.165) is 31.9 Å². The smallest absolute Gasteiger partial charge is 0.219 e. The molecule has 0 atom stereocenters. The van der Waals surface area contributed by atoms with Gasteiger partial charge in [0.2, 0.25) is 5.91 Å². The number of hydrazine groups is 1. The van der Waals surface area contributed by atoms with Gasteiger partial charge in [0.1, 0.15) is 0 Å². The standard InChI is InChI=1S/C16H24N4O/c1-13(21)19-9-11-20(12-10-19)16-7-5-15(6-8-16)18-17-14-3-2-4-14/h5-8,14,17-18H,2-4,9-12H2,1H3. The van der Waals surface area contributed by atoms with Crippen molar-refractivity contribution in [2.45, 2.75) is 32.2 Å². The number of nitrogens with zero attached hydrogens (tertiary/aromatic N) is 2. The van der Waals surface area contributed by atoms with Gasteiger partial charge in [-0.15, -0.1) is 0 Å². The molecule has 0 bridgehead atoms. The molecular formula is C16H24N4O. The van der Waals surface area contributed by atoms with Gasteiger partial charge in [0.05, 0.1) is 0 Å². The summed E-state index contributed by atoms with van der Waals surface area (Å²) < 4.78 is 0. The molecule has 1 heterocycles. The second kappa shape index (κ2) is 6.35. The molecule has 2 fully saturated rings. The van der Waals surface area contributed by atoms with Crippen molar-refractivity contribution in [2.75, 3.05) is 36.5 Å². The molecule has 2 N–H and O–H groups in total. The molecule has 2 aliphatic rings. The average molecular weight is 288 g/mol. The monoisotopic (exact) mass is 288 g/mol. The van der Waals surface area contributed by atoms with Gasteiger partial charge in [0.15, 0.2) is 0 Å². The van der Waals surface area contributed by atoms with Gasteiger partial charge >= 0.3 is 0 Å². The highest BCUT2D eigenvalue weighted by atomic mass is 16.2. The van der Waals surface area contributed by atoms with Crippen molar-refractivity contribution in [3.63, 3.8) is 0 Å². The number of hydrogen-bond donors (Lipinski definition) is 2. The Morgan fingerprint density at radius 2 is 1.76 bits per heavy atom. The van der Waals surface area contributed by atoms with Crippen LogP contribution >= 0.6 is 0 Å². The van der Waals surface area contributed by atoms with Crippen LogP contribution in [0, 0.1) is 0 Å². The van der Waals surface area contributed by atoms with E-state index >= 15 is 0 Å². The third-order valence-corrected chi connectivity index (χ3v) is 4.48. The second-order valence-electron chi connectivity index (χ2n) is 5.94. The van der Waals surface area contributed by atoms with Crippen LogP contribution in [0.3, 0.4) is 0 Å². The predicted molar refractivity (Wildman–Crippen MR) is 85.3 cm³/mol. The summed E-state index contributed by atoms with van der Waals surface area (Å²) in [4.78, 5) is 15.6. The number of benzene rings is 1.